The smallest absolute Gasteiger partial charge is 0.155 e. The highest BCUT2D eigenvalue weighted by atomic mass is 15.2. The van der Waals surface area contributed by atoms with Gasteiger partial charge in [0.05, 0.1) is 16.4 Å². The van der Waals surface area contributed by atoms with Crippen LogP contribution in [0.3, 0.4) is 0 Å². The molecule has 0 radical (unpaired) electrons. The molecule has 3 nitrogen and oxygen atoms in total. The number of hydrogen-bond acceptors (Lipinski definition) is 2. The molecule has 58 heavy (non-hydrogen) atoms. The van der Waals surface area contributed by atoms with Crippen LogP contribution in [0, 0.1) is 0 Å². The van der Waals surface area contributed by atoms with Crippen LogP contribution in [0.1, 0.15) is 39.5 Å². The van der Waals surface area contributed by atoms with Crippen molar-refractivity contribution in [2.45, 2.75) is 11.6 Å². The minimum atomic E-state index is -0.420. The molecular weight excluding hydrogens is 703 g/mol. The van der Waals surface area contributed by atoms with Crippen LogP contribution in [0.4, 0.5) is 5.69 Å². The quantitative estimate of drug-likeness (QED) is 0.192. The van der Waals surface area contributed by atoms with E-state index in [1.807, 2.05) is 0 Å². The number of nitrogens with one attached hydrogen (secondary N) is 1. The number of amidine groups is 1. The zero-order chi connectivity index (χ0) is 38.0. The Morgan fingerprint density at radius 2 is 1.00 bits per heavy atom. The maximum absolute atomic E-state index is 5.78. The second kappa shape index (κ2) is 11.8. The fourth-order valence-electron chi connectivity index (χ4n) is 10.8. The normalized spacial score (nSPS) is 15.4. The molecule has 0 saturated heterocycles. The fourth-order valence-corrected chi connectivity index (χ4v) is 10.8. The molecule has 1 unspecified atom stereocenters. The van der Waals surface area contributed by atoms with Gasteiger partial charge in [-0.25, -0.2) is 4.99 Å². The SMILES string of the molecule is c1ccc2c(c1)NC(c1cccc3c1-c1ccccc1C31c3ccccc3-c3ccccc31)=NC2n1c2ccccc2c2cc(-c3cccc4ccccc34)ccc21. The zero-order valence-electron chi connectivity index (χ0n) is 31.5. The Kier molecular flexibility index (Phi) is 6.43. The minimum Gasteiger partial charge on any atom is -0.340 e. The second-order valence-corrected chi connectivity index (χ2v) is 15.8. The van der Waals surface area contributed by atoms with Gasteiger partial charge >= 0.3 is 0 Å². The van der Waals surface area contributed by atoms with E-state index in [4.69, 9.17) is 4.99 Å². The molecule has 2 aliphatic carbocycles. The van der Waals surface area contributed by atoms with Gasteiger partial charge in [0.2, 0.25) is 0 Å². The number of aromatic nitrogens is 1. The average molecular weight is 738 g/mol. The molecule has 270 valence electrons. The van der Waals surface area contributed by atoms with E-state index in [1.165, 1.54) is 82.7 Å². The summed E-state index contributed by atoms with van der Waals surface area (Å²) >= 11 is 0. The van der Waals surface area contributed by atoms with Crippen LogP contribution < -0.4 is 5.32 Å². The van der Waals surface area contributed by atoms with Gasteiger partial charge in [-0.05, 0) is 90.7 Å². The molecule has 3 aliphatic rings. The van der Waals surface area contributed by atoms with E-state index in [0.29, 0.717) is 0 Å². The summed E-state index contributed by atoms with van der Waals surface area (Å²) in [6.07, 6.45) is -0.298. The third-order valence-electron chi connectivity index (χ3n) is 13.1. The van der Waals surface area contributed by atoms with Crippen LogP contribution in [0.5, 0.6) is 0 Å². The number of fused-ring (bicyclic) bond motifs is 15. The lowest BCUT2D eigenvalue weighted by Gasteiger charge is -2.31. The molecule has 9 aromatic carbocycles. The third-order valence-corrected chi connectivity index (χ3v) is 13.1. The molecular formula is C55H35N3. The number of hydrogen-bond donors (Lipinski definition) is 1. The topological polar surface area (TPSA) is 29.3 Å². The maximum atomic E-state index is 5.78. The Labute approximate surface area is 336 Å². The summed E-state index contributed by atoms with van der Waals surface area (Å²) in [6.45, 7) is 0. The van der Waals surface area contributed by atoms with Crippen LogP contribution in [-0.2, 0) is 5.41 Å². The van der Waals surface area contributed by atoms with Crippen molar-refractivity contribution < 1.29 is 0 Å². The van der Waals surface area contributed by atoms with E-state index in [2.05, 4.69) is 210 Å². The Morgan fingerprint density at radius 1 is 0.431 bits per heavy atom. The van der Waals surface area contributed by atoms with Crippen molar-refractivity contribution in [3.8, 4) is 33.4 Å². The molecule has 0 saturated carbocycles. The predicted molar refractivity (Wildman–Crippen MR) is 240 cm³/mol. The van der Waals surface area contributed by atoms with E-state index in [-0.39, 0.29) is 6.17 Å². The molecule has 0 amide bonds. The molecule has 1 spiro atoms. The molecule has 1 N–H and O–H groups in total. The molecule has 0 bridgehead atoms. The van der Waals surface area contributed by atoms with Gasteiger partial charge in [-0.15, -0.1) is 0 Å². The number of nitrogens with zero attached hydrogens (tertiary/aromatic N) is 2. The molecule has 10 aromatic rings. The van der Waals surface area contributed by atoms with E-state index < -0.39 is 5.41 Å². The molecule has 13 rings (SSSR count). The largest absolute Gasteiger partial charge is 0.340 e. The summed E-state index contributed by atoms with van der Waals surface area (Å²) in [5.41, 5.74) is 18.1. The fraction of sp³-hybridized carbons (Fsp3) is 0.0364. The second-order valence-electron chi connectivity index (χ2n) is 15.8. The average Bonchev–Trinajstić information content (AvgIpc) is 3.90. The van der Waals surface area contributed by atoms with Crippen LogP contribution in [0.25, 0.3) is 66.0 Å². The summed E-state index contributed by atoms with van der Waals surface area (Å²) in [5.74, 6) is 0.880. The molecule has 2 heterocycles. The minimum absolute atomic E-state index is 0.298. The standard InChI is InChI=1S/C55H35N3/c1-2-17-36-34(15-1)16-13-23-37(36)35-31-32-51-44(33-35)40-20-7-12-30-50(40)58(51)54-42-22-6-11-29-49(42)56-53(57-54)43-24-14-28-48-52(43)41-21-5-10-27-47(41)55(48)45-25-8-3-18-38(45)39-19-4-9-26-46(39)55/h1-33,54H,(H,56,57). The van der Waals surface area contributed by atoms with E-state index in [0.717, 1.165) is 28.2 Å². The number of aliphatic imine (C=N–C) groups is 1. The van der Waals surface area contributed by atoms with Crippen molar-refractivity contribution in [1.82, 2.24) is 4.57 Å². The van der Waals surface area contributed by atoms with Gasteiger partial charge in [-0.1, -0.05) is 176 Å². The highest BCUT2D eigenvalue weighted by molar-refractivity contribution is 6.16. The number of para-hydroxylation sites is 2. The Hall–Kier alpha value is -7.49. The first-order valence-corrected chi connectivity index (χ1v) is 20.2. The van der Waals surface area contributed by atoms with Gasteiger partial charge in [0.15, 0.2) is 6.17 Å². The molecule has 3 heteroatoms. The Balaban J connectivity index is 1.05. The van der Waals surface area contributed by atoms with Crippen LogP contribution in [0.15, 0.2) is 205 Å². The Bertz CT molecular complexity index is 3350. The van der Waals surface area contributed by atoms with E-state index >= 15 is 0 Å². The van der Waals surface area contributed by atoms with Crippen molar-refractivity contribution >= 4 is 44.1 Å². The van der Waals surface area contributed by atoms with Crippen LogP contribution in [-0.4, -0.2) is 10.4 Å². The van der Waals surface area contributed by atoms with Crippen molar-refractivity contribution in [1.29, 1.82) is 0 Å². The molecule has 1 aromatic heterocycles. The van der Waals surface area contributed by atoms with Crippen LogP contribution in [0.2, 0.25) is 0 Å². The molecule has 1 atom stereocenters. The van der Waals surface area contributed by atoms with Gasteiger partial charge in [0.1, 0.15) is 5.84 Å². The summed E-state index contributed by atoms with van der Waals surface area (Å²) in [7, 11) is 0. The first-order valence-electron chi connectivity index (χ1n) is 20.2. The van der Waals surface area contributed by atoms with Gasteiger partial charge in [0, 0.05) is 27.6 Å². The summed E-state index contributed by atoms with van der Waals surface area (Å²) in [5, 5.41) is 8.82. The monoisotopic (exact) mass is 737 g/mol. The zero-order valence-corrected chi connectivity index (χ0v) is 31.5. The number of rotatable bonds is 3. The molecule has 0 fully saturated rings. The first kappa shape index (κ1) is 31.7. The summed E-state index contributed by atoms with van der Waals surface area (Å²) in [4.78, 5) is 5.78. The van der Waals surface area contributed by atoms with E-state index in [9.17, 15) is 0 Å². The third kappa shape index (κ3) is 4.10. The first-order chi connectivity index (χ1) is 28.8. The van der Waals surface area contributed by atoms with Gasteiger partial charge < -0.3 is 9.88 Å². The number of anilines is 1. The van der Waals surface area contributed by atoms with Gasteiger partial charge in [0.25, 0.3) is 0 Å². The van der Waals surface area contributed by atoms with Gasteiger partial charge in [-0.3, -0.25) is 0 Å². The predicted octanol–water partition coefficient (Wildman–Crippen LogP) is 13.4. The van der Waals surface area contributed by atoms with Crippen molar-refractivity contribution in [3.05, 3.63) is 234 Å². The van der Waals surface area contributed by atoms with Crippen molar-refractivity contribution in [2.24, 2.45) is 4.99 Å². The highest BCUT2D eigenvalue weighted by Gasteiger charge is 2.52. The lowest BCUT2D eigenvalue weighted by Crippen LogP contribution is -2.27. The van der Waals surface area contributed by atoms with E-state index in [1.54, 1.807) is 0 Å². The maximum Gasteiger partial charge on any atom is 0.155 e. The van der Waals surface area contributed by atoms with Crippen LogP contribution >= 0.6 is 0 Å². The lowest BCUT2D eigenvalue weighted by molar-refractivity contribution is 0.651. The number of benzene rings is 9. The highest BCUT2D eigenvalue weighted by Crippen LogP contribution is 2.63. The van der Waals surface area contributed by atoms with Crippen molar-refractivity contribution in [3.63, 3.8) is 0 Å². The lowest BCUT2D eigenvalue weighted by atomic mass is 9.70. The summed E-state index contributed by atoms with van der Waals surface area (Å²) in [6, 6.07) is 73.6. The Morgan fingerprint density at radius 3 is 1.83 bits per heavy atom. The van der Waals surface area contributed by atoms with Crippen molar-refractivity contribution in [2.75, 3.05) is 5.32 Å². The summed E-state index contributed by atoms with van der Waals surface area (Å²) < 4.78 is 2.46. The van der Waals surface area contributed by atoms with Gasteiger partial charge in [-0.2, -0.15) is 0 Å². The molecule has 1 aliphatic heterocycles.